The molecule has 0 radical (unpaired) electrons. The van der Waals surface area contributed by atoms with Crippen LogP contribution in [0.25, 0.3) is 0 Å². The number of methoxy groups -OCH3 is 1. The number of amides is 1. The standard InChI is InChI=1S/C15H20ClNO5/c1-4-6-17-13(18)9-22-15(19)10-7-11(16)14(21-5-2)12(8-10)20-3/h7-8H,4-6,9H2,1-3H3,(H,17,18). The van der Waals surface area contributed by atoms with Crippen LogP contribution in [0, 0.1) is 0 Å². The van der Waals surface area contributed by atoms with Crippen LogP contribution in [0.5, 0.6) is 11.5 Å². The van der Waals surface area contributed by atoms with Gasteiger partial charge in [-0.2, -0.15) is 0 Å². The van der Waals surface area contributed by atoms with Gasteiger partial charge in [-0.15, -0.1) is 0 Å². The van der Waals surface area contributed by atoms with Gasteiger partial charge in [-0.3, -0.25) is 4.79 Å². The first-order valence-corrected chi connectivity index (χ1v) is 7.35. The highest BCUT2D eigenvalue weighted by Gasteiger charge is 2.17. The highest BCUT2D eigenvalue weighted by Crippen LogP contribution is 2.36. The van der Waals surface area contributed by atoms with Crippen molar-refractivity contribution >= 4 is 23.5 Å². The molecule has 1 rings (SSSR count). The summed E-state index contributed by atoms with van der Waals surface area (Å²) in [6.45, 7) is 4.36. The van der Waals surface area contributed by atoms with Crippen LogP contribution in [0.4, 0.5) is 0 Å². The fourth-order valence-corrected chi connectivity index (χ4v) is 1.92. The molecular formula is C15H20ClNO5. The Morgan fingerprint density at radius 3 is 2.59 bits per heavy atom. The molecule has 1 aromatic carbocycles. The third-order valence-corrected chi connectivity index (χ3v) is 2.94. The van der Waals surface area contributed by atoms with Gasteiger partial charge in [-0.25, -0.2) is 4.79 Å². The lowest BCUT2D eigenvalue weighted by Gasteiger charge is -2.13. The largest absolute Gasteiger partial charge is 0.493 e. The second kappa shape index (κ2) is 9.15. The van der Waals surface area contributed by atoms with Gasteiger partial charge in [0.25, 0.3) is 5.91 Å². The maximum atomic E-state index is 12.0. The lowest BCUT2D eigenvalue weighted by molar-refractivity contribution is -0.124. The summed E-state index contributed by atoms with van der Waals surface area (Å²) < 4.78 is 15.4. The number of hydrogen-bond donors (Lipinski definition) is 1. The third-order valence-electron chi connectivity index (χ3n) is 2.66. The molecule has 6 nitrogen and oxygen atoms in total. The summed E-state index contributed by atoms with van der Waals surface area (Å²) in [5.41, 5.74) is 0.189. The van der Waals surface area contributed by atoms with Gasteiger partial charge >= 0.3 is 5.97 Å². The number of halogens is 1. The summed E-state index contributed by atoms with van der Waals surface area (Å²) in [5.74, 6) is -0.310. The van der Waals surface area contributed by atoms with E-state index < -0.39 is 5.97 Å². The second-order valence-electron chi connectivity index (χ2n) is 4.35. The third kappa shape index (κ3) is 5.11. The van der Waals surface area contributed by atoms with Crippen molar-refractivity contribution in [3.8, 4) is 11.5 Å². The van der Waals surface area contributed by atoms with Crippen molar-refractivity contribution < 1.29 is 23.8 Å². The monoisotopic (exact) mass is 329 g/mol. The van der Waals surface area contributed by atoms with Crippen LogP contribution in [0.2, 0.25) is 5.02 Å². The van der Waals surface area contributed by atoms with Gasteiger partial charge in [0.15, 0.2) is 18.1 Å². The van der Waals surface area contributed by atoms with E-state index in [-0.39, 0.29) is 23.1 Å². The molecule has 1 N–H and O–H groups in total. The van der Waals surface area contributed by atoms with Crippen LogP contribution in [-0.2, 0) is 9.53 Å². The Balaban J connectivity index is 2.77. The lowest BCUT2D eigenvalue weighted by Crippen LogP contribution is -2.29. The minimum Gasteiger partial charge on any atom is -0.493 e. The molecule has 1 amide bonds. The van der Waals surface area contributed by atoms with Gasteiger partial charge in [-0.1, -0.05) is 18.5 Å². The highest BCUT2D eigenvalue weighted by atomic mass is 35.5. The predicted octanol–water partition coefficient (Wildman–Crippen LogP) is 2.43. The number of carbonyl (C=O) groups excluding carboxylic acids is 2. The first-order valence-electron chi connectivity index (χ1n) is 6.97. The normalized spacial score (nSPS) is 10.0. The van der Waals surface area contributed by atoms with Crippen LogP contribution in [0.15, 0.2) is 12.1 Å². The number of rotatable bonds is 8. The maximum absolute atomic E-state index is 12.0. The van der Waals surface area contributed by atoms with Crippen LogP contribution in [0.1, 0.15) is 30.6 Å². The zero-order valence-corrected chi connectivity index (χ0v) is 13.7. The molecule has 0 spiro atoms. The average Bonchev–Trinajstić information content (AvgIpc) is 2.52. The Hall–Kier alpha value is -1.95. The summed E-state index contributed by atoms with van der Waals surface area (Å²) in [4.78, 5) is 23.4. The lowest BCUT2D eigenvalue weighted by atomic mass is 10.2. The van der Waals surface area contributed by atoms with Crippen molar-refractivity contribution in [1.29, 1.82) is 0 Å². The number of ether oxygens (including phenoxy) is 3. The number of esters is 1. The van der Waals surface area contributed by atoms with E-state index in [4.69, 9.17) is 25.8 Å². The number of hydrogen-bond acceptors (Lipinski definition) is 5. The quantitative estimate of drug-likeness (QED) is 0.741. The Morgan fingerprint density at radius 2 is 2.00 bits per heavy atom. The summed E-state index contributed by atoms with van der Waals surface area (Å²) in [7, 11) is 1.45. The van der Waals surface area contributed by atoms with Crippen LogP contribution < -0.4 is 14.8 Å². The first-order chi connectivity index (χ1) is 10.5. The molecule has 22 heavy (non-hydrogen) atoms. The van der Waals surface area contributed by atoms with E-state index in [0.717, 1.165) is 6.42 Å². The zero-order valence-electron chi connectivity index (χ0n) is 12.9. The topological polar surface area (TPSA) is 73.9 Å². The predicted molar refractivity (Wildman–Crippen MR) is 82.8 cm³/mol. The summed E-state index contributed by atoms with van der Waals surface area (Å²) in [5, 5.41) is 2.85. The molecule has 122 valence electrons. The van der Waals surface area contributed by atoms with Crippen LogP contribution in [0.3, 0.4) is 0 Å². The van der Waals surface area contributed by atoms with Gasteiger partial charge in [-0.05, 0) is 25.5 Å². The molecule has 0 aromatic heterocycles. The molecule has 0 fully saturated rings. The molecule has 0 aliphatic heterocycles. The van der Waals surface area contributed by atoms with Gasteiger partial charge < -0.3 is 19.5 Å². The molecule has 0 unspecified atom stereocenters. The summed E-state index contributed by atoms with van der Waals surface area (Å²) in [6.07, 6.45) is 0.811. The molecule has 0 aliphatic carbocycles. The Labute approximate surface area is 134 Å². The molecule has 0 heterocycles. The minimum atomic E-state index is -0.658. The van der Waals surface area contributed by atoms with E-state index in [2.05, 4.69) is 5.32 Å². The van der Waals surface area contributed by atoms with Crippen molar-refractivity contribution in [3.63, 3.8) is 0 Å². The van der Waals surface area contributed by atoms with E-state index in [1.807, 2.05) is 13.8 Å². The van der Waals surface area contributed by atoms with Gasteiger partial charge in [0, 0.05) is 6.54 Å². The highest BCUT2D eigenvalue weighted by molar-refractivity contribution is 6.32. The van der Waals surface area contributed by atoms with Gasteiger partial charge in [0.05, 0.1) is 24.3 Å². The molecular weight excluding hydrogens is 310 g/mol. The van der Waals surface area contributed by atoms with Crippen LogP contribution in [-0.4, -0.2) is 38.7 Å². The van der Waals surface area contributed by atoms with Crippen molar-refractivity contribution in [3.05, 3.63) is 22.7 Å². The number of nitrogens with one attached hydrogen (secondary N) is 1. The van der Waals surface area contributed by atoms with Crippen molar-refractivity contribution in [2.75, 3.05) is 26.9 Å². The average molecular weight is 330 g/mol. The molecule has 7 heteroatoms. The Morgan fingerprint density at radius 1 is 1.27 bits per heavy atom. The minimum absolute atomic E-state index is 0.189. The molecule has 0 bridgehead atoms. The van der Waals surface area contributed by atoms with E-state index >= 15 is 0 Å². The van der Waals surface area contributed by atoms with Crippen molar-refractivity contribution in [2.24, 2.45) is 0 Å². The molecule has 0 atom stereocenters. The second-order valence-corrected chi connectivity index (χ2v) is 4.76. The van der Waals surface area contributed by atoms with Crippen LogP contribution >= 0.6 is 11.6 Å². The fraction of sp³-hybridized carbons (Fsp3) is 0.467. The summed E-state index contributed by atoms with van der Waals surface area (Å²) in [6, 6.07) is 2.88. The maximum Gasteiger partial charge on any atom is 0.338 e. The van der Waals surface area contributed by atoms with E-state index in [9.17, 15) is 9.59 Å². The first kappa shape index (κ1) is 18.1. The van der Waals surface area contributed by atoms with Gasteiger partial charge in [0.2, 0.25) is 0 Å². The zero-order chi connectivity index (χ0) is 16.5. The molecule has 0 saturated heterocycles. The molecule has 0 saturated carbocycles. The van der Waals surface area contributed by atoms with Gasteiger partial charge in [0.1, 0.15) is 0 Å². The fourth-order valence-electron chi connectivity index (χ4n) is 1.65. The SMILES string of the molecule is CCCNC(=O)COC(=O)c1cc(Cl)c(OCC)c(OC)c1. The Bertz CT molecular complexity index is 533. The van der Waals surface area contributed by atoms with Crippen molar-refractivity contribution in [1.82, 2.24) is 5.32 Å². The van der Waals surface area contributed by atoms with E-state index in [1.54, 1.807) is 0 Å². The number of benzene rings is 1. The smallest absolute Gasteiger partial charge is 0.338 e. The van der Waals surface area contributed by atoms with E-state index in [1.165, 1.54) is 19.2 Å². The van der Waals surface area contributed by atoms with Crippen molar-refractivity contribution in [2.45, 2.75) is 20.3 Å². The summed E-state index contributed by atoms with van der Waals surface area (Å²) >= 11 is 6.08. The Kier molecular flexibility index (Phi) is 7.52. The van der Waals surface area contributed by atoms with E-state index in [0.29, 0.717) is 24.7 Å². The molecule has 1 aromatic rings. The molecule has 0 aliphatic rings. The number of carbonyl (C=O) groups is 2.